The fraction of sp³-hybridized carbons (Fsp3) is 0.231. The highest BCUT2D eigenvalue weighted by Gasteiger charge is 2.05. The zero-order chi connectivity index (χ0) is 12.4. The average molecular weight is 309 g/mol. The van der Waals surface area contributed by atoms with Crippen molar-refractivity contribution in [1.82, 2.24) is 9.97 Å². The highest BCUT2D eigenvalue weighted by molar-refractivity contribution is 9.10. The van der Waals surface area contributed by atoms with Crippen LogP contribution in [0.3, 0.4) is 0 Å². The first-order chi connectivity index (χ1) is 8.11. The van der Waals surface area contributed by atoms with Crippen molar-refractivity contribution >= 4 is 28.1 Å². The number of halogens is 1. The van der Waals surface area contributed by atoms with Crippen molar-refractivity contribution < 1.29 is 0 Å². The average Bonchev–Trinajstić information content (AvgIpc) is 2.29. The summed E-state index contributed by atoms with van der Waals surface area (Å²) in [6, 6.07) is 8.03. The quantitative estimate of drug-likeness (QED) is 0.831. The molecule has 0 amide bonds. The van der Waals surface area contributed by atoms with Gasteiger partial charge in [0.15, 0.2) is 0 Å². The zero-order valence-electron chi connectivity index (χ0n) is 9.75. The number of hydrogen-bond donors (Lipinski definition) is 1. The van der Waals surface area contributed by atoms with Gasteiger partial charge in [-0.1, -0.05) is 47.2 Å². The first kappa shape index (κ1) is 12.5. The Kier molecular flexibility index (Phi) is 3.74. The van der Waals surface area contributed by atoms with Crippen molar-refractivity contribution in [3.05, 3.63) is 44.6 Å². The van der Waals surface area contributed by atoms with E-state index in [1.807, 2.05) is 31.2 Å². The fourth-order valence-corrected chi connectivity index (χ4v) is 2.42. The summed E-state index contributed by atoms with van der Waals surface area (Å²) in [5, 5.41) is 0. The minimum absolute atomic E-state index is 0.696. The normalized spacial score (nSPS) is 10.5. The Morgan fingerprint density at radius 3 is 2.47 bits per heavy atom. The van der Waals surface area contributed by atoms with Crippen molar-refractivity contribution in [3.63, 3.8) is 0 Å². The molecule has 0 fully saturated rings. The van der Waals surface area contributed by atoms with E-state index in [1.165, 1.54) is 0 Å². The largest absolute Gasteiger partial charge is 0.343 e. The van der Waals surface area contributed by atoms with E-state index >= 15 is 0 Å². The summed E-state index contributed by atoms with van der Waals surface area (Å²) in [5.74, 6) is 0.831. The minimum atomic E-state index is 0.696. The molecule has 0 unspecified atom stereocenters. The summed E-state index contributed by atoms with van der Waals surface area (Å²) in [5.41, 5.74) is 3.27. The zero-order valence-corrected chi connectivity index (χ0v) is 12.2. The minimum Gasteiger partial charge on any atom is -0.343 e. The number of aryl methyl sites for hydroxylation is 1. The predicted octanol–water partition coefficient (Wildman–Crippen LogP) is 4.44. The molecule has 0 aliphatic carbocycles. The van der Waals surface area contributed by atoms with E-state index in [4.69, 9.17) is 12.2 Å². The molecule has 17 heavy (non-hydrogen) atoms. The number of H-pyrrole nitrogens is 1. The highest BCUT2D eigenvalue weighted by Crippen LogP contribution is 2.20. The second kappa shape index (κ2) is 5.10. The van der Waals surface area contributed by atoms with E-state index in [1.54, 1.807) is 0 Å². The van der Waals surface area contributed by atoms with Crippen LogP contribution in [0.5, 0.6) is 0 Å². The molecule has 2 aromatic rings. The van der Waals surface area contributed by atoms with Gasteiger partial charge in [-0.3, -0.25) is 0 Å². The van der Waals surface area contributed by atoms with Crippen LogP contribution in [0.15, 0.2) is 28.7 Å². The Morgan fingerprint density at radius 1 is 1.29 bits per heavy atom. The van der Waals surface area contributed by atoms with E-state index in [2.05, 4.69) is 32.8 Å². The molecular weight excluding hydrogens is 296 g/mol. The van der Waals surface area contributed by atoms with Crippen LogP contribution in [-0.4, -0.2) is 9.97 Å². The van der Waals surface area contributed by atoms with Crippen LogP contribution in [0.25, 0.3) is 11.4 Å². The van der Waals surface area contributed by atoms with Crippen molar-refractivity contribution in [2.24, 2.45) is 0 Å². The van der Waals surface area contributed by atoms with Gasteiger partial charge in [0.05, 0.1) is 0 Å². The van der Waals surface area contributed by atoms with Gasteiger partial charge in [0.1, 0.15) is 10.5 Å². The van der Waals surface area contributed by atoms with Gasteiger partial charge in [0.25, 0.3) is 0 Å². The Bertz CT molecular complexity index is 587. The van der Waals surface area contributed by atoms with Gasteiger partial charge in [0.2, 0.25) is 0 Å². The summed E-state index contributed by atoms with van der Waals surface area (Å²) in [7, 11) is 0. The summed E-state index contributed by atoms with van der Waals surface area (Å²) < 4.78 is 1.75. The lowest BCUT2D eigenvalue weighted by Crippen LogP contribution is -1.98. The number of aromatic nitrogens is 2. The fourth-order valence-electron chi connectivity index (χ4n) is 1.77. The molecule has 1 aromatic heterocycles. The Balaban J connectivity index is 2.54. The third kappa shape index (κ3) is 2.64. The lowest BCUT2D eigenvalue weighted by atomic mass is 10.1. The molecule has 0 radical (unpaired) electrons. The molecule has 0 bridgehead atoms. The maximum atomic E-state index is 5.31. The number of benzene rings is 1. The predicted molar refractivity (Wildman–Crippen MR) is 76.7 cm³/mol. The lowest BCUT2D eigenvalue weighted by molar-refractivity contribution is 0.989. The number of hydrogen-bond acceptors (Lipinski definition) is 2. The molecule has 2 nitrogen and oxygen atoms in total. The third-order valence-corrected chi connectivity index (χ3v) is 3.57. The van der Waals surface area contributed by atoms with Gasteiger partial charge in [0, 0.05) is 21.3 Å². The molecule has 4 heteroatoms. The van der Waals surface area contributed by atoms with Gasteiger partial charge in [-0.25, -0.2) is 4.98 Å². The van der Waals surface area contributed by atoms with Crippen molar-refractivity contribution in [3.8, 4) is 11.4 Å². The highest BCUT2D eigenvalue weighted by atomic mass is 79.9. The number of aromatic amines is 1. The van der Waals surface area contributed by atoms with Crippen LogP contribution in [0, 0.1) is 11.6 Å². The second-order valence-corrected chi connectivity index (χ2v) is 5.16. The smallest absolute Gasteiger partial charge is 0.139 e. The second-order valence-electron chi connectivity index (χ2n) is 3.85. The maximum absolute atomic E-state index is 5.31. The van der Waals surface area contributed by atoms with Crippen LogP contribution in [0.1, 0.15) is 18.2 Å². The topological polar surface area (TPSA) is 28.7 Å². The van der Waals surface area contributed by atoms with Gasteiger partial charge < -0.3 is 4.98 Å². The SMILES string of the molecule is CCc1c(C)[nH]c(-c2ccc(Br)cc2)nc1=S. The van der Waals surface area contributed by atoms with E-state index < -0.39 is 0 Å². The van der Waals surface area contributed by atoms with Crippen LogP contribution in [-0.2, 0) is 6.42 Å². The first-order valence-corrected chi connectivity index (χ1v) is 6.67. The number of nitrogens with one attached hydrogen (secondary N) is 1. The molecule has 1 heterocycles. The molecule has 88 valence electrons. The first-order valence-electron chi connectivity index (χ1n) is 5.47. The van der Waals surface area contributed by atoms with E-state index in [9.17, 15) is 0 Å². The molecule has 0 spiro atoms. The third-order valence-electron chi connectivity index (χ3n) is 2.70. The van der Waals surface area contributed by atoms with Crippen LogP contribution < -0.4 is 0 Å². The number of nitrogens with zero attached hydrogens (tertiary/aromatic N) is 1. The van der Waals surface area contributed by atoms with Gasteiger partial charge >= 0.3 is 0 Å². The molecule has 0 saturated carbocycles. The van der Waals surface area contributed by atoms with Crippen LogP contribution >= 0.6 is 28.1 Å². The molecule has 0 atom stereocenters. The number of rotatable bonds is 2. The molecule has 0 aliphatic heterocycles. The van der Waals surface area contributed by atoms with Crippen LogP contribution in [0.4, 0.5) is 0 Å². The summed E-state index contributed by atoms with van der Waals surface area (Å²) in [4.78, 5) is 7.76. The Morgan fingerprint density at radius 2 is 1.94 bits per heavy atom. The molecule has 1 N–H and O–H groups in total. The van der Waals surface area contributed by atoms with Crippen LogP contribution in [0.2, 0.25) is 0 Å². The Labute approximate surface area is 114 Å². The summed E-state index contributed by atoms with van der Waals surface area (Å²) >= 11 is 8.73. The monoisotopic (exact) mass is 308 g/mol. The molecule has 0 saturated heterocycles. The van der Waals surface area contributed by atoms with Crippen molar-refractivity contribution in [2.45, 2.75) is 20.3 Å². The van der Waals surface area contributed by atoms with E-state index in [0.29, 0.717) is 4.64 Å². The lowest BCUT2D eigenvalue weighted by Gasteiger charge is -2.07. The van der Waals surface area contributed by atoms with Crippen molar-refractivity contribution in [1.29, 1.82) is 0 Å². The summed E-state index contributed by atoms with van der Waals surface area (Å²) in [6.45, 7) is 4.13. The van der Waals surface area contributed by atoms with E-state index in [-0.39, 0.29) is 0 Å². The maximum Gasteiger partial charge on any atom is 0.139 e. The van der Waals surface area contributed by atoms with Gasteiger partial charge in [-0.05, 0) is 25.5 Å². The standard InChI is InChI=1S/C13H13BrN2S/c1-3-11-8(2)15-12(16-13(11)17)9-4-6-10(14)7-5-9/h4-7H,3H2,1-2H3,(H,15,16,17). The molecule has 0 aliphatic rings. The Hall–Kier alpha value is -1.00. The molecule has 2 rings (SSSR count). The van der Waals surface area contributed by atoms with Crippen molar-refractivity contribution in [2.75, 3.05) is 0 Å². The molecule has 1 aromatic carbocycles. The van der Waals surface area contributed by atoms with E-state index in [0.717, 1.165) is 33.5 Å². The van der Waals surface area contributed by atoms with Gasteiger partial charge in [-0.15, -0.1) is 0 Å². The summed E-state index contributed by atoms with van der Waals surface area (Å²) in [6.07, 6.45) is 0.911. The van der Waals surface area contributed by atoms with Gasteiger partial charge in [-0.2, -0.15) is 0 Å². The molecular formula is C13H13BrN2S.